The molecule has 1 aromatic carbocycles. The van der Waals surface area contributed by atoms with Crippen molar-refractivity contribution in [3.05, 3.63) is 62.8 Å². The van der Waals surface area contributed by atoms with Crippen LogP contribution in [0.3, 0.4) is 0 Å². The van der Waals surface area contributed by atoms with Crippen LogP contribution in [0.25, 0.3) is 0 Å². The van der Waals surface area contributed by atoms with E-state index in [0.717, 1.165) is 23.9 Å². The molecule has 1 aromatic heterocycles. The molecular formula is C22H27ClN5NaO6. The number of benzene rings is 1. The van der Waals surface area contributed by atoms with Crippen molar-refractivity contribution in [2.75, 3.05) is 18.4 Å². The Morgan fingerprint density at radius 3 is 2.60 bits per heavy atom. The summed E-state index contributed by atoms with van der Waals surface area (Å²) in [6.45, 7) is 2.26. The standard InChI is InChI=1S/C22H26ClN5O6.Na.H/c1-14-7-9-25-19(10-14)24-8-3-2-4-20(29)26-13-21(30)27-17(12-22(31)32)15-5-6-16(23)18(11-15)28(33)34;;/h5-7,9-11,17H,2-4,8,12-13H2,1H3,(H,24,25)(H,26,29)(H,27,30)(H,31,32);;/q;+1;-1. The molecule has 0 aliphatic heterocycles. The number of aryl methyl sites for hydroxylation is 1. The molecule has 0 bridgehead atoms. The van der Waals surface area contributed by atoms with Gasteiger partial charge in [-0.3, -0.25) is 24.5 Å². The summed E-state index contributed by atoms with van der Waals surface area (Å²) in [5.74, 6) is -1.38. The number of hydrogen-bond acceptors (Lipinski definition) is 7. The van der Waals surface area contributed by atoms with E-state index in [4.69, 9.17) is 16.7 Å². The molecule has 1 heterocycles. The van der Waals surface area contributed by atoms with Gasteiger partial charge in [-0.05, 0) is 49.1 Å². The number of carbonyl (C=O) groups excluding carboxylic acids is 2. The third kappa shape index (κ3) is 11.0. The summed E-state index contributed by atoms with van der Waals surface area (Å²) in [5.41, 5.74) is 0.911. The summed E-state index contributed by atoms with van der Waals surface area (Å²) in [4.78, 5) is 50.1. The van der Waals surface area contributed by atoms with Crippen molar-refractivity contribution in [3.8, 4) is 0 Å². The number of carboxylic acid groups (broad SMARTS) is 1. The first-order chi connectivity index (χ1) is 16.2. The molecule has 2 rings (SSSR count). The second kappa shape index (κ2) is 15.3. The van der Waals surface area contributed by atoms with Crippen LogP contribution in [0, 0.1) is 17.0 Å². The summed E-state index contributed by atoms with van der Waals surface area (Å²) in [6, 6.07) is 6.58. The largest absolute Gasteiger partial charge is 1.00 e. The van der Waals surface area contributed by atoms with Crippen LogP contribution in [0.4, 0.5) is 11.5 Å². The normalized spacial score (nSPS) is 11.0. The van der Waals surface area contributed by atoms with Crippen LogP contribution < -0.4 is 45.5 Å². The zero-order chi connectivity index (χ0) is 25.1. The number of nitro benzene ring substituents is 1. The number of nitro groups is 1. The molecule has 11 nitrogen and oxygen atoms in total. The number of halogens is 1. The summed E-state index contributed by atoms with van der Waals surface area (Å²) in [5, 5.41) is 28.3. The van der Waals surface area contributed by atoms with Crippen LogP contribution in [0.15, 0.2) is 36.5 Å². The Morgan fingerprint density at radius 2 is 1.94 bits per heavy atom. The van der Waals surface area contributed by atoms with Gasteiger partial charge in [0.05, 0.1) is 23.9 Å². The van der Waals surface area contributed by atoms with Gasteiger partial charge < -0.3 is 22.5 Å². The van der Waals surface area contributed by atoms with Crippen molar-refractivity contribution in [3.63, 3.8) is 0 Å². The smallest absolute Gasteiger partial charge is 1.00 e. The van der Waals surface area contributed by atoms with Crippen LogP contribution in [0.5, 0.6) is 0 Å². The summed E-state index contributed by atoms with van der Waals surface area (Å²) in [7, 11) is 0. The van der Waals surface area contributed by atoms with Gasteiger partial charge in [0.15, 0.2) is 0 Å². The number of nitrogens with zero attached hydrogens (tertiary/aromatic N) is 2. The van der Waals surface area contributed by atoms with Crippen LogP contribution in [0.2, 0.25) is 5.02 Å². The number of rotatable bonds is 13. The van der Waals surface area contributed by atoms with Crippen molar-refractivity contribution >= 4 is 40.9 Å². The molecule has 0 aliphatic carbocycles. The fraction of sp³-hybridized carbons (Fsp3) is 0.364. The first-order valence-corrected chi connectivity index (χ1v) is 10.9. The van der Waals surface area contributed by atoms with E-state index in [1.165, 1.54) is 12.1 Å². The van der Waals surface area contributed by atoms with E-state index in [2.05, 4.69) is 20.9 Å². The fourth-order valence-electron chi connectivity index (χ4n) is 3.09. The second-order valence-corrected chi connectivity index (χ2v) is 7.97. The zero-order valence-electron chi connectivity index (χ0n) is 20.5. The molecule has 1 atom stereocenters. The topological polar surface area (TPSA) is 164 Å². The number of unbranched alkanes of at least 4 members (excludes halogenated alkanes) is 1. The average Bonchev–Trinajstić information content (AvgIpc) is 2.77. The number of carbonyl (C=O) groups is 3. The quantitative estimate of drug-likeness (QED) is 0.126. The van der Waals surface area contributed by atoms with Gasteiger partial charge in [0, 0.05) is 25.2 Å². The van der Waals surface area contributed by atoms with Gasteiger partial charge in [0.1, 0.15) is 10.8 Å². The molecular weight excluding hydrogens is 489 g/mol. The second-order valence-electron chi connectivity index (χ2n) is 7.56. The molecule has 0 saturated heterocycles. The zero-order valence-corrected chi connectivity index (χ0v) is 22.3. The predicted molar refractivity (Wildman–Crippen MR) is 127 cm³/mol. The maximum absolute atomic E-state index is 12.3. The van der Waals surface area contributed by atoms with Gasteiger partial charge in [-0.1, -0.05) is 17.7 Å². The van der Waals surface area contributed by atoms with Crippen LogP contribution >= 0.6 is 11.6 Å². The van der Waals surface area contributed by atoms with Gasteiger partial charge >= 0.3 is 35.5 Å². The van der Waals surface area contributed by atoms with E-state index in [1.54, 1.807) is 6.20 Å². The molecule has 0 aliphatic rings. The van der Waals surface area contributed by atoms with E-state index in [0.29, 0.717) is 13.0 Å². The van der Waals surface area contributed by atoms with Gasteiger partial charge in [0.25, 0.3) is 5.69 Å². The molecule has 1 unspecified atom stereocenters. The molecule has 2 aromatic rings. The number of pyridine rings is 1. The molecule has 0 radical (unpaired) electrons. The Labute approximate surface area is 231 Å². The van der Waals surface area contributed by atoms with E-state index in [9.17, 15) is 24.5 Å². The van der Waals surface area contributed by atoms with E-state index in [-0.39, 0.29) is 60.4 Å². The Hall–Kier alpha value is -2.73. The molecule has 35 heavy (non-hydrogen) atoms. The molecule has 2 amide bonds. The molecule has 0 fully saturated rings. The fourth-order valence-corrected chi connectivity index (χ4v) is 3.27. The van der Waals surface area contributed by atoms with Gasteiger partial charge in [0.2, 0.25) is 11.8 Å². The third-order valence-electron chi connectivity index (χ3n) is 4.78. The molecule has 4 N–H and O–H groups in total. The summed E-state index contributed by atoms with van der Waals surface area (Å²) >= 11 is 5.79. The van der Waals surface area contributed by atoms with Crippen LogP contribution in [-0.4, -0.2) is 45.9 Å². The van der Waals surface area contributed by atoms with Crippen molar-refractivity contribution in [2.24, 2.45) is 0 Å². The monoisotopic (exact) mass is 515 g/mol. The SMILES string of the molecule is Cc1ccnc(NCCCCC(=O)NCC(=O)NC(CC(=O)O)c2ccc(Cl)c([N+](=O)[O-])c2)c1.[H-].[Na+]. The maximum atomic E-state index is 12.3. The Bertz CT molecular complexity index is 1060. The number of aliphatic carboxylic acids is 1. The number of aromatic nitrogens is 1. The first kappa shape index (κ1) is 30.3. The molecule has 13 heteroatoms. The van der Waals surface area contributed by atoms with E-state index >= 15 is 0 Å². The Morgan fingerprint density at radius 1 is 1.20 bits per heavy atom. The number of nitrogens with one attached hydrogen (secondary N) is 3. The van der Waals surface area contributed by atoms with E-state index < -0.39 is 34.9 Å². The van der Waals surface area contributed by atoms with Gasteiger partial charge in [-0.25, -0.2) is 4.98 Å². The summed E-state index contributed by atoms with van der Waals surface area (Å²) in [6.07, 6.45) is 2.76. The third-order valence-corrected chi connectivity index (χ3v) is 5.10. The Kier molecular flexibility index (Phi) is 13.2. The van der Waals surface area contributed by atoms with Crippen molar-refractivity contribution in [1.29, 1.82) is 0 Å². The maximum Gasteiger partial charge on any atom is 1.00 e. The van der Waals surface area contributed by atoms with E-state index in [1.807, 2.05) is 19.1 Å². The molecule has 0 saturated carbocycles. The number of amides is 2. The Balaban J connectivity index is 0.00000612. The van der Waals surface area contributed by atoms with Crippen molar-refractivity contribution in [2.45, 2.75) is 38.6 Å². The van der Waals surface area contributed by atoms with Gasteiger partial charge in [-0.15, -0.1) is 0 Å². The van der Waals surface area contributed by atoms with Crippen molar-refractivity contribution in [1.82, 2.24) is 15.6 Å². The minimum atomic E-state index is -1.21. The average molecular weight is 516 g/mol. The van der Waals surface area contributed by atoms with Gasteiger partial charge in [-0.2, -0.15) is 0 Å². The predicted octanol–water partition coefficient (Wildman–Crippen LogP) is 0.0987. The van der Waals surface area contributed by atoms with Crippen LogP contribution in [0.1, 0.15) is 44.3 Å². The van der Waals surface area contributed by atoms with Crippen LogP contribution in [-0.2, 0) is 14.4 Å². The number of hydrogen-bond donors (Lipinski definition) is 4. The van der Waals surface area contributed by atoms with Crippen molar-refractivity contribution < 1.29 is 55.4 Å². The minimum Gasteiger partial charge on any atom is -1.00 e. The number of carboxylic acids is 1. The summed E-state index contributed by atoms with van der Waals surface area (Å²) < 4.78 is 0. The first-order valence-electron chi connectivity index (χ1n) is 10.5. The molecule has 0 spiro atoms. The molecule has 184 valence electrons. The number of anilines is 1. The minimum absolute atomic E-state index is 0.